The van der Waals surface area contributed by atoms with Gasteiger partial charge in [0, 0.05) is 17.1 Å². The van der Waals surface area contributed by atoms with Crippen molar-refractivity contribution in [3.63, 3.8) is 0 Å². The molecule has 0 aliphatic carbocycles. The van der Waals surface area contributed by atoms with Gasteiger partial charge in [0.05, 0.1) is 10.5 Å². The Bertz CT molecular complexity index is 673. The van der Waals surface area contributed by atoms with E-state index in [-0.39, 0.29) is 5.70 Å². The number of nitrogens with zero attached hydrogens (tertiary/aromatic N) is 1. The molecule has 0 aliphatic heterocycles. The summed E-state index contributed by atoms with van der Waals surface area (Å²) >= 11 is 0. The number of rotatable bonds is 10. The van der Waals surface area contributed by atoms with Gasteiger partial charge in [0.2, 0.25) is 0 Å². The first-order valence-corrected chi connectivity index (χ1v) is 8.57. The largest absolute Gasteiger partial charge is 0.360 e. The van der Waals surface area contributed by atoms with Gasteiger partial charge in [0.25, 0.3) is 5.70 Å². The summed E-state index contributed by atoms with van der Waals surface area (Å²) in [5.74, 6) is 0. The topological polar surface area (TPSA) is 58.9 Å². The minimum absolute atomic E-state index is 0.0386. The van der Waals surface area contributed by atoms with Crippen LogP contribution in [0.3, 0.4) is 0 Å². The molecule has 0 saturated carbocycles. The van der Waals surface area contributed by atoms with Crippen LogP contribution in [0.5, 0.6) is 0 Å². The van der Waals surface area contributed by atoms with Crippen molar-refractivity contribution in [2.24, 2.45) is 0 Å². The number of aromatic amines is 1. The molecule has 4 heteroatoms. The molecule has 0 radical (unpaired) electrons. The molecule has 0 bridgehead atoms. The summed E-state index contributed by atoms with van der Waals surface area (Å²) in [4.78, 5) is 13.7. The van der Waals surface area contributed by atoms with Crippen LogP contribution in [0.15, 0.2) is 31.0 Å². The van der Waals surface area contributed by atoms with Gasteiger partial charge in [0.15, 0.2) is 0 Å². The Labute approximate surface area is 137 Å². The summed E-state index contributed by atoms with van der Waals surface area (Å²) in [6.07, 6.45) is 11.5. The summed E-state index contributed by atoms with van der Waals surface area (Å²) in [5.41, 5.74) is 2.70. The number of nitrogens with one attached hydrogen (secondary N) is 1. The van der Waals surface area contributed by atoms with E-state index in [0.29, 0.717) is 5.56 Å². The molecule has 0 saturated heterocycles. The molecule has 0 unspecified atom stereocenters. The van der Waals surface area contributed by atoms with Crippen LogP contribution in [0.4, 0.5) is 0 Å². The van der Waals surface area contributed by atoms with E-state index < -0.39 is 4.92 Å². The third kappa shape index (κ3) is 4.44. The van der Waals surface area contributed by atoms with Crippen molar-refractivity contribution < 1.29 is 4.92 Å². The van der Waals surface area contributed by atoms with Crippen molar-refractivity contribution in [1.82, 2.24) is 4.98 Å². The third-order valence-electron chi connectivity index (χ3n) is 4.37. The maximum Gasteiger partial charge on any atom is 0.271 e. The molecule has 0 atom stereocenters. The predicted molar refractivity (Wildman–Crippen MR) is 96.0 cm³/mol. The van der Waals surface area contributed by atoms with E-state index >= 15 is 0 Å². The maximum absolute atomic E-state index is 11.0. The van der Waals surface area contributed by atoms with E-state index in [1.165, 1.54) is 44.1 Å². The molecule has 1 aromatic carbocycles. The lowest BCUT2D eigenvalue weighted by Crippen LogP contribution is -1.96. The fourth-order valence-electron chi connectivity index (χ4n) is 3.07. The smallest absolute Gasteiger partial charge is 0.271 e. The summed E-state index contributed by atoms with van der Waals surface area (Å²) in [6, 6.07) is 6.04. The number of aromatic nitrogens is 1. The van der Waals surface area contributed by atoms with Crippen LogP contribution < -0.4 is 0 Å². The third-order valence-corrected chi connectivity index (χ3v) is 4.37. The van der Waals surface area contributed by atoms with Crippen LogP contribution in [0.25, 0.3) is 16.6 Å². The summed E-state index contributed by atoms with van der Waals surface area (Å²) in [6.45, 7) is 5.84. The molecule has 2 rings (SSSR count). The van der Waals surface area contributed by atoms with Crippen LogP contribution in [0, 0.1) is 10.1 Å². The monoisotopic (exact) mass is 314 g/mol. The van der Waals surface area contributed by atoms with Crippen molar-refractivity contribution >= 4 is 16.6 Å². The van der Waals surface area contributed by atoms with Gasteiger partial charge in [-0.25, -0.2) is 0 Å². The predicted octanol–water partition coefficient (Wildman–Crippen LogP) is 5.71. The highest BCUT2D eigenvalue weighted by molar-refractivity contribution is 5.93. The van der Waals surface area contributed by atoms with E-state index in [4.69, 9.17) is 0 Å². The zero-order valence-corrected chi connectivity index (χ0v) is 13.9. The second-order valence-electron chi connectivity index (χ2n) is 6.12. The number of hydrogen-bond donors (Lipinski definition) is 1. The van der Waals surface area contributed by atoms with Gasteiger partial charge in [-0.2, -0.15) is 0 Å². The Kier molecular flexibility index (Phi) is 6.39. The molecule has 0 fully saturated rings. The Hall–Kier alpha value is -2.10. The van der Waals surface area contributed by atoms with Crippen molar-refractivity contribution in [2.75, 3.05) is 0 Å². The molecule has 1 N–H and O–H groups in total. The summed E-state index contributed by atoms with van der Waals surface area (Å²) in [5, 5.41) is 12.0. The molecule has 1 aromatic heterocycles. The molecular formula is C19H26N2O2. The minimum Gasteiger partial charge on any atom is -0.360 e. The average molecular weight is 314 g/mol. The molecule has 23 heavy (non-hydrogen) atoms. The van der Waals surface area contributed by atoms with Crippen LogP contribution in [0.2, 0.25) is 0 Å². The van der Waals surface area contributed by atoms with Crippen LogP contribution in [-0.4, -0.2) is 9.91 Å². The Morgan fingerprint density at radius 2 is 1.87 bits per heavy atom. The average Bonchev–Trinajstić information content (AvgIpc) is 2.98. The fourth-order valence-corrected chi connectivity index (χ4v) is 3.07. The Morgan fingerprint density at radius 3 is 2.57 bits per heavy atom. The van der Waals surface area contributed by atoms with Crippen LogP contribution in [-0.2, 0) is 6.42 Å². The second-order valence-corrected chi connectivity index (χ2v) is 6.12. The summed E-state index contributed by atoms with van der Waals surface area (Å²) in [7, 11) is 0. The number of hydrogen-bond acceptors (Lipinski definition) is 2. The highest BCUT2D eigenvalue weighted by atomic mass is 16.6. The number of nitro groups is 1. The fraction of sp³-hybridized carbons (Fsp3) is 0.474. The number of fused-ring (bicyclic) bond motifs is 1. The number of H-pyrrole nitrogens is 1. The Balaban J connectivity index is 2.01. The quantitative estimate of drug-likeness (QED) is 0.347. The van der Waals surface area contributed by atoms with E-state index in [1.807, 2.05) is 12.1 Å². The van der Waals surface area contributed by atoms with Gasteiger partial charge in [-0.05, 0) is 31.1 Å². The standard InChI is InChI=1S/C19H26N2O2/c1-3-4-5-6-7-8-9-11-16-12-10-13-18-19(16)17(14-20-18)15(2)21(22)23/h10,12-14,20H,2-9,11H2,1H3. The molecule has 1 heterocycles. The minimum atomic E-state index is -0.410. The van der Waals surface area contributed by atoms with Crippen molar-refractivity contribution in [3.8, 4) is 0 Å². The maximum atomic E-state index is 11.0. The molecule has 0 amide bonds. The first-order chi connectivity index (χ1) is 11.1. The zero-order valence-electron chi connectivity index (χ0n) is 13.9. The highest BCUT2D eigenvalue weighted by Crippen LogP contribution is 2.28. The number of unbranched alkanes of at least 4 members (excludes halogenated alkanes) is 6. The lowest BCUT2D eigenvalue weighted by atomic mass is 9.99. The van der Waals surface area contributed by atoms with Crippen LogP contribution >= 0.6 is 0 Å². The summed E-state index contributed by atoms with van der Waals surface area (Å²) < 4.78 is 0. The van der Waals surface area contributed by atoms with Gasteiger partial charge < -0.3 is 4.98 Å². The molecule has 2 aromatic rings. The lowest BCUT2D eigenvalue weighted by molar-refractivity contribution is -0.374. The molecule has 0 spiro atoms. The van der Waals surface area contributed by atoms with Crippen molar-refractivity contribution in [2.45, 2.75) is 58.3 Å². The van der Waals surface area contributed by atoms with E-state index in [2.05, 4.69) is 24.6 Å². The van der Waals surface area contributed by atoms with E-state index in [0.717, 1.165) is 23.7 Å². The SMILES string of the molecule is C=C(c1c[nH]c2cccc(CCCCCCCCC)c12)[N+](=O)[O-]. The molecule has 4 nitrogen and oxygen atoms in total. The zero-order chi connectivity index (χ0) is 16.7. The van der Waals surface area contributed by atoms with Gasteiger partial charge in [0.1, 0.15) is 0 Å². The number of benzene rings is 1. The lowest BCUT2D eigenvalue weighted by Gasteiger charge is -2.06. The molecule has 124 valence electrons. The van der Waals surface area contributed by atoms with Gasteiger partial charge in [-0.1, -0.05) is 57.6 Å². The first-order valence-electron chi connectivity index (χ1n) is 8.57. The van der Waals surface area contributed by atoms with E-state index in [1.54, 1.807) is 6.20 Å². The van der Waals surface area contributed by atoms with Crippen molar-refractivity contribution in [3.05, 3.63) is 52.2 Å². The normalized spacial score (nSPS) is 11.0. The molecule has 0 aliphatic rings. The van der Waals surface area contributed by atoms with Crippen LogP contribution in [0.1, 0.15) is 63.0 Å². The van der Waals surface area contributed by atoms with Crippen molar-refractivity contribution in [1.29, 1.82) is 0 Å². The molecular weight excluding hydrogens is 288 g/mol. The Morgan fingerprint density at radius 1 is 1.17 bits per heavy atom. The van der Waals surface area contributed by atoms with E-state index in [9.17, 15) is 10.1 Å². The highest BCUT2D eigenvalue weighted by Gasteiger charge is 2.17. The van der Waals surface area contributed by atoms with Gasteiger partial charge in [-0.3, -0.25) is 10.1 Å². The van der Waals surface area contributed by atoms with Gasteiger partial charge in [-0.15, -0.1) is 0 Å². The van der Waals surface area contributed by atoms with Gasteiger partial charge >= 0.3 is 0 Å². The number of aryl methyl sites for hydroxylation is 1. The second kappa shape index (κ2) is 8.51. The first kappa shape index (κ1) is 17.3.